The fraction of sp³-hybridized carbons (Fsp3) is 0.647. The highest BCUT2D eigenvalue weighted by Gasteiger charge is 2.23. The summed E-state index contributed by atoms with van der Waals surface area (Å²) in [5, 5.41) is 10.4. The van der Waals surface area contributed by atoms with E-state index in [0.29, 0.717) is 17.5 Å². The Balaban J connectivity index is 2.73. The number of aliphatic hydroxyl groups is 1. The molecule has 1 N–H and O–H groups in total. The zero-order valence-electron chi connectivity index (χ0n) is 13.3. The van der Waals surface area contributed by atoms with Gasteiger partial charge in [-0.3, -0.25) is 0 Å². The van der Waals surface area contributed by atoms with E-state index in [1.54, 1.807) is 18.2 Å². The van der Waals surface area contributed by atoms with Crippen LogP contribution in [0.25, 0.3) is 0 Å². The van der Waals surface area contributed by atoms with Gasteiger partial charge in [0.1, 0.15) is 5.82 Å². The van der Waals surface area contributed by atoms with Crippen molar-refractivity contribution in [1.82, 2.24) is 4.90 Å². The number of nitrogens with zero attached hydrogens (tertiary/aromatic N) is 1. The Morgan fingerprint density at radius 2 is 1.65 bits per heavy atom. The van der Waals surface area contributed by atoms with E-state index >= 15 is 0 Å². The molecular weight excluding hydrogens is 253 g/mol. The lowest BCUT2D eigenvalue weighted by Gasteiger charge is -2.32. The maximum absolute atomic E-state index is 13.7. The Morgan fingerprint density at radius 1 is 1.05 bits per heavy atom. The predicted octanol–water partition coefficient (Wildman–Crippen LogP) is 3.86. The molecular formula is C17H28FNO. The van der Waals surface area contributed by atoms with Crippen molar-refractivity contribution in [3.8, 4) is 0 Å². The van der Waals surface area contributed by atoms with E-state index in [-0.39, 0.29) is 11.7 Å². The zero-order valence-corrected chi connectivity index (χ0v) is 13.3. The number of benzene rings is 1. The molecule has 114 valence electrons. The van der Waals surface area contributed by atoms with Gasteiger partial charge in [0.2, 0.25) is 0 Å². The zero-order chi connectivity index (χ0) is 15.3. The Labute approximate surface area is 122 Å². The van der Waals surface area contributed by atoms with Gasteiger partial charge in [0, 0.05) is 24.7 Å². The SMILES string of the molecule is CC(C)CN(CC(C)C(O)c1ccccc1F)C(C)C. The predicted molar refractivity (Wildman–Crippen MR) is 82.1 cm³/mol. The van der Waals surface area contributed by atoms with Gasteiger partial charge in [0.15, 0.2) is 0 Å². The van der Waals surface area contributed by atoms with Gasteiger partial charge in [-0.1, -0.05) is 39.0 Å². The summed E-state index contributed by atoms with van der Waals surface area (Å²) in [6, 6.07) is 6.91. The van der Waals surface area contributed by atoms with Crippen LogP contribution < -0.4 is 0 Å². The normalized spacial score (nSPS) is 15.1. The first-order valence-corrected chi connectivity index (χ1v) is 7.49. The molecule has 0 saturated carbocycles. The second-order valence-electron chi connectivity index (χ2n) is 6.39. The number of rotatable bonds is 7. The van der Waals surface area contributed by atoms with Crippen molar-refractivity contribution in [2.24, 2.45) is 11.8 Å². The van der Waals surface area contributed by atoms with E-state index in [2.05, 4.69) is 32.6 Å². The highest BCUT2D eigenvalue weighted by molar-refractivity contribution is 5.20. The Hall–Kier alpha value is -0.930. The molecule has 0 bridgehead atoms. The topological polar surface area (TPSA) is 23.5 Å². The van der Waals surface area contributed by atoms with Gasteiger partial charge in [-0.2, -0.15) is 0 Å². The van der Waals surface area contributed by atoms with E-state index in [1.165, 1.54) is 6.07 Å². The summed E-state index contributed by atoms with van der Waals surface area (Å²) in [5.41, 5.74) is 0.397. The van der Waals surface area contributed by atoms with Crippen molar-refractivity contribution in [1.29, 1.82) is 0 Å². The lowest BCUT2D eigenvalue weighted by molar-refractivity contribution is 0.0713. The quantitative estimate of drug-likeness (QED) is 0.820. The van der Waals surface area contributed by atoms with Crippen molar-refractivity contribution in [2.75, 3.05) is 13.1 Å². The monoisotopic (exact) mass is 281 g/mol. The standard InChI is InChI=1S/C17H28FNO/c1-12(2)10-19(13(3)4)11-14(5)17(20)15-8-6-7-9-16(15)18/h6-9,12-14,17,20H,10-11H2,1-5H3. The molecule has 0 heterocycles. The fourth-order valence-electron chi connectivity index (χ4n) is 2.46. The second kappa shape index (κ2) is 7.75. The van der Waals surface area contributed by atoms with E-state index < -0.39 is 6.10 Å². The van der Waals surface area contributed by atoms with Crippen LogP contribution in [0, 0.1) is 17.7 Å². The molecule has 0 fully saturated rings. The number of halogens is 1. The lowest BCUT2D eigenvalue weighted by Crippen LogP contribution is -2.38. The number of hydrogen-bond acceptors (Lipinski definition) is 2. The van der Waals surface area contributed by atoms with Crippen LogP contribution in [0.2, 0.25) is 0 Å². The fourth-order valence-corrected chi connectivity index (χ4v) is 2.46. The van der Waals surface area contributed by atoms with Gasteiger partial charge in [0.05, 0.1) is 6.10 Å². The molecule has 3 heteroatoms. The third-order valence-electron chi connectivity index (χ3n) is 3.62. The van der Waals surface area contributed by atoms with Gasteiger partial charge in [0.25, 0.3) is 0 Å². The Bertz CT molecular complexity index is 406. The molecule has 0 aliphatic carbocycles. The summed E-state index contributed by atoms with van der Waals surface area (Å²) >= 11 is 0. The van der Waals surface area contributed by atoms with E-state index in [4.69, 9.17) is 0 Å². The van der Waals surface area contributed by atoms with Crippen LogP contribution in [-0.2, 0) is 0 Å². The largest absolute Gasteiger partial charge is 0.388 e. The third-order valence-corrected chi connectivity index (χ3v) is 3.62. The van der Waals surface area contributed by atoms with E-state index in [1.807, 2.05) is 6.92 Å². The molecule has 0 spiro atoms. The summed E-state index contributed by atoms with van der Waals surface area (Å²) in [5.74, 6) is 0.245. The molecule has 0 aliphatic heterocycles. The smallest absolute Gasteiger partial charge is 0.129 e. The molecule has 1 aromatic carbocycles. The molecule has 2 nitrogen and oxygen atoms in total. The van der Waals surface area contributed by atoms with Crippen LogP contribution in [0.15, 0.2) is 24.3 Å². The van der Waals surface area contributed by atoms with E-state index in [0.717, 1.165) is 13.1 Å². The highest BCUT2D eigenvalue weighted by atomic mass is 19.1. The van der Waals surface area contributed by atoms with Crippen molar-refractivity contribution in [2.45, 2.75) is 46.8 Å². The van der Waals surface area contributed by atoms with Crippen molar-refractivity contribution in [3.05, 3.63) is 35.6 Å². The van der Waals surface area contributed by atoms with Crippen LogP contribution >= 0.6 is 0 Å². The van der Waals surface area contributed by atoms with Gasteiger partial charge in [-0.05, 0) is 31.7 Å². The molecule has 0 aromatic heterocycles. The molecule has 1 aromatic rings. The minimum absolute atomic E-state index is 0.00644. The third kappa shape index (κ3) is 4.88. The molecule has 2 atom stereocenters. The summed E-state index contributed by atoms with van der Waals surface area (Å²) in [6.07, 6.45) is -0.760. The summed E-state index contributed by atoms with van der Waals surface area (Å²) in [7, 11) is 0. The lowest BCUT2D eigenvalue weighted by atomic mass is 9.95. The minimum Gasteiger partial charge on any atom is -0.388 e. The summed E-state index contributed by atoms with van der Waals surface area (Å²) in [6.45, 7) is 12.4. The maximum Gasteiger partial charge on any atom is 0.129 e. The molecule has 1 rings (SSSR count). The van der Waals surface area contributed by atoms with Crippen molar-refractivity contribution in [3.63, 3.8) is 0 Å². The van der Waals surface area contributed by atoms with E-state index in [9.17, 15) is 9.50 Å². The van der Waals surface area contributed by atoms with Crippen LogP contribution in [0.1, 0.15) is 46.3 Å². The average Bonchev–Trinajstić information content (AvgIpc) is 2.37. The van der Waals surface area contributed by atoms with Crippen LogP contribution in [0.3, 0.4) is 0 Å². The Morgan fingerprint density at radius 3 is 2.15 bits per heavy atom. The molecule has 2 unspecified atom stereocenters. The van der Waals surface area contributed by atoms with Gasteiger partial charge >= 0.3 is 0 Å². The van der Waals surface area contributed by atoms with Crippen molar-refractivity contribution >= 4 is 0 Å². The molecule has 0 amide bonds. The molecule has 0 saturated heterocycles. The first-order chi connectivity index (χ1) is 9.32. The van der Waals surface area contributed by atoms with Crippen LogP contribution in [0.4, 0.5) is 4.39 Å². The van der Waals surface area contributed by atoms with Gasteiger partial charge in [-0.25, -0.2) is 4.39 Å². The average molecular weight is 281 g/mol. The minimum atomic E-state index is -0.760. The molecule has 20 heavy (non-hydrogen) atoms. The summed E-state index contributed by atoms with van der Waals surface area (Å²) < 4.78 is 13.7. The van der Waals surface area contributed by atoms with Crippen molar-refractivity contribution < 1.29 is 9.50 Å². The van der Waals surface area contributed by atoms with Gasteiger partial charge < -0.3 is 10.0 Å². The summed E-state index contributed by atoms with van der Waals surface area (Å²) in [4.78, 5) is 2.35. The Kier molecular flexibility index (Phi) is 6.63. The number of aliphatic hydroxyl groups excluding tert-OH is 1. The first kappa shape index (κ1) is 17.1. The van der Waals surface area contributed by atoms with Crippen LogP contribution in [0.5, 0.6) is 0 Å². The second-order valence-corrected chi connectivity index (χ2v) is 6.39. The first-order valence-electron chi connectivity index (χ1n) is 7.49. The molecule has 0 radical (unpaired) electrons. The maximum atomic E-state index is 13.7. The van der Waals surface area contributed by atoms with Crippen LogP contribution in [-0.4, -0.2) is 29.1 Å². The van der Waals surface area contributed by atoms with Gasteiger partial charge in [-0.15, -0.1) is 0 Å². The molecule has 0 aliphatic rings. The highest BCUT2D eigenvalue weighted by Crippen LogP contribution is 2.25. The number of hydrogen-bond donors (Lipinski definition) is 1.